The topological polar surface area (TPSA) is 20.2 Å². The first kappa shape index (κ1) is 14.2. The molecule has 0 saturated carbocycles. The first-order chi connectivity index (χ1) is 9.19. The van der Waals surface area contributed by atoms with Crippen molar-refractivity contribution in [3.63, 3.8) is 0 Å². The molecule has 0 radical (unpaired) electrons. The van der Waals surface area contributed by atoms with Gasteiger partial charge in [-0.2, -0.15) is 0 Å². The third-order valence-electron chi connectivity index (χ3n) is 3.16. The maximum atomic E-state index is 13.6. The van der Waals surface area contributed by atoms with Crippen LogP contribution in [0.15, 0.2) is 53.0 Å². The molecule has 0 heterocycles. The molecule has 1 N–H and O–H groups in total. The second-order valence-corrected chi connectivity index (χ2v) is 5.59. The number of rotatable bonds is 5. The molecular weight excluding hydrogens is 307 g/mol. The fourth-order valence-corrected chi connectivity index (χ4v) is 2.39. The molecule has 0 amide bonds. The fraction of sp³-hybridized carbons (Fsp3) is 0.250. The Morgan fingerprint density at radius 1 is 1.00 bits per heavy atom. The van der Waals surface area contributed by atoms with Crippen LogP contribution in [0.5, 0.6) is 0 Å². The van der Waals surface area contributed by atoms with Crippen molar-refractivity contribution in [2.24, 2.45) is 5.92 Å². The van der Waals surface area contributed by atoms with Gasteiger partial charge in [0.15, 0.2) is 0 Å². The first-order valence-corrected chi connectivity index (χ1v) is 7.07. The monoisotopic (exact) mass is 322 g/mol. The molecule has 0 saturated heterocycles. The van der Waals surface area contributed by atoms with Crippen molar-refractivity contribution >= 4 is 15.9 Å². The fourth-order valence-electron chi connectivity index (χ4n) is 2.13. The predicted molar refractivity (Wildman–Crippen MR) is 78.5 cm³/mol. The molecule has 0 spiro atoms. The summed E-state index contributed by atoms with van der Waals surface area (Å²) in [6.07, 6.45) is 1.30. The van der Waals surface area contributed by atoms with Crippen LogP contribution < -0.4 is 0 Å². The Hall–Kier alpha value is -1.19. The van der Waals surface area contributed by atoms with Gasteiger partial charge in [0.25, 0.3) is 0 Å². The van der Waals surface area contributed by atoms with E-state index in [9.17, 15) is 9.50 Å². The molecule has 1 atom stereocenters. The highest BCUT2D eigenvalue weighted by Crippen LogP contribution is 2.18. The molecule has 1 unspecified atom stereocenters. The Kier molecular flexibility index (Phi) is 5.11. The maximum Gasteiger partial charge on any atom is 0.126 e. The Morgan fingerprint density at radius 3 is 2.32 bits per heavy atom. The van der Waals surface area contributed by atoms with E-state index >= 15 is 0 Å². The smallest absolute Gasteiger partial charge is 0.126 e. The van der Waals surface area contributed by atoms with Crippen LogP contribution in [0.4, 0.5) is 4.39 Å². The maximum absolute atomic E-state index is 13.6. The normalized spacial score (nSPS) is 12.4. The van der Waals surface area contributed by atoms with Crippen molar-refractivity contribution in [1.82, 2.24) is 0 Å². The van der Waals surface area contributed by atoms with Crippen molar-refractivity contribution < 1.29 is 9.50 Å². The van der Waals surface area contributed by atoms with E-state index in [4.69, 9.17) is 0 Å². The number of aliphatic hydroxyl groups is 1. The van der Waals surface area contributed by atoms with Crippen LogP contribution in [-0.4, -0.2) is 11.7 Å². The number of benzene rings is 2. The molecule has 100 valence electrons. The predicted octanol–water partition coefficient (Wildman–Crippen LogP) is 3.98. The Bertz CT molecular complexity index is 525. The van der Waals surface area contributed by atoms with Crippen LogP contribution in [0.25, 0.3) is 0 Å². The van der Waals surface area contributed by atoms with Crippen molar-refractivity contribution in [1.29, 1.82) is 0 Å². The van der Waals surface area contributed by atoms with Gasteiger partial charge in [-0.1, -0.05) is 46.3 Å². The Balaban J connectivity index is 2.05. The first-order valence-electron chi connectivity index (χ1n) is 6.27. The highest BCUT2D eigenvalue weighted by atomic mass is 79.9. The molecule has 2 aromatic rings. The van der Waals surface area contributed by atoms with Crippen molar-refractivity contribution in [3.8, 4) is 0 Å². The lowest BCUT2D eigenvalue weighted by Crippen LogP contribution is -2.13. The van der Waals surface area contributed by atoms with E-state index in [1.807, 2.05) is 30.3 Å². The summed E-state index contributed by atoms with van der Waals surface area (Å²) in [5, 5.41) is 9.46. The lowest BCUT2D eigenvalue weighted by molar-refractivity contribution is 0.224. The van der Waals surface area contributed by atoms with Gasteiger partial charge < -0.3 is 5.11 Å². The summed E-state index contributed by atoms with van der Waals surface area (Å²) in [5.41, 5.74) is 1.82. The van der Waals surface area contributed by atoms with Crippen molar-refractivity contribution in [2.45, 2.75) is 12.8 Å². The molecule has 0 aliphatic heterocycles. The van der Waals surface area contributed by atoms with Gasteiger partial charge in [-0.3, -0.25) is 0 Å². The second-order valence-electron chi connectivity index (χ2n) is 4.67. The quantitative estimate of drug-likeness (QED) is 0.882. The molecule has 1 nitrogen and oxygen atoms in total. The van der Waals surface area contributed by atoms with Crippen molar-refractivity contribution in [3.05, 3.63) is 69.9 Å². The summed E-state index contributed by atoms with van der Waals surface area (Å²) >= 11 is 3.39. The molecule has 2 aromatic carbocycles. The highest BCUT2D eigenvalue weighted by molar-refractivity contribution is 9.10. The molecule has 0 aliphatic carbocycles. The zero-order chi connectivity index (χ0) is 13.7. The largest absolute Gasteiger partial charge is 0.396 e. The molecule has 3 heteroatoms. The van der Waals surface area contributed by atoms with E-state index in [-0.39, 0.29) is 18.3 Å². The lowest BCUT2D eigenvalue weighted by atomic mass is 9.93. The average molecular weight is 323 g/mol. The lowest BCUT2D eigenvalue weighted by Gasteiger charge is -2.15. The molecule has 0 fully saturated rings. The molecule has 2 rings (SSSR count). The van der Waals surface area contributed by atoms with Crippen LogP contribution in [0.2, 0.25) is 0 Å². The third kappa shape index (κ3) is 4.15. The van der Waals surface area contributed by atoms with Crippen LogP contribution in [0.1, 0.15) is 11.1 Å². The third-order valence-corrected chi connectivity index (χ3v) is 3.69. The Morgan fingerprint density at radius 2 is 1.68 bits per heavy atom. The standard InChI is InChI=1S/C16H16BrFO/c17-15-7-5-12(6-8-15)9-13(11-19)10-14-3-1-2-4-16(14)18/h1-8,13,19H,9-11H2. The minimum absolute atomic E-state index is 0.0399. The zero-order valence-electron chi connectivity index (χ0n) is 10.5. The van der Waals surface area contributed by atoms with Gasteiger partial charge >= 0.3 is 0 Å². The minimum atomic E-state index is -0.197. The molecule has 19 heavy (non-hydrogen) atoms. The number of aliphatic hydroxyl groups excluding tert-OH is 1. The van der Waals surface area contributed by atoms with Gasteiger partial charge in [-0.25, -0.2) is 4.39 Å². The number of halogens is 2. The van der Waals surface area contributed by atoms with Gasteiger partial charge in [0, 0.05) is 11.1 Å². The van der Waals surface area contributed by atoms with Crippen molar-refractivity contribution in [2.75, 3.05) is 6.61 Å². The molecule has 0 aliphatic rings. The van der Waals surface area contributed by atoms with E-state index in [2.05, 4.69) is 15.9 Å². The molecule has 0 bridgehead atoms. The summed E-state index contributed by atoms with van der Waals surface area (Å²) in [7, 11) is 0. The Labute approximate surface area is 121 Å². The molecule has 0 aromatic heterocycles. The number of hydrogen-bond acceptors (Lipinski definition) is 1. The summed E-state index contributed by atoms with van der Waals surface area (Å²) in [5.74, 6) is -0.158. The van der Waals surface area contributed by atoms with Gasteiger partial charge in [0.05, 0.1) is 0 Å². The SMILES string of the molecule is OCC(Cc1ccc(Br)cc1)Cc1ccccc1F. The second kappa shape index (κ2) is 6.83. The van der Waals surface area contributed by atoms with Gasteiger partial charge in [-0.15, -0.1) is 0 Å². The highest BCUT2D eigenvalue weighted by Gasteiger charge is 2.12. The van der Waals surface area contributed by atoms with Crippen LogP contribution >= 0.6 is 15.9 Å². The van der Waals surface area contributed by atoms with E-state index in [0.29, 0.717) is 12.0 Å². The van der Waals surface area contributed by atoms with Gasteiger partial charge in [-0.05, 0) is 48.1 Å². The minimum Gasteiger partial charge on any atom is -0.396 e. The zero-order valence-corrected chi connectivity index (χ0v) is 12.1. The number of hydrogen-bond donors (Lipinski definition) is 1. The summed E-state index contributed by atoms with van der Waals surface area (Å²) < 4.78 is 14.6. The summed E-state index contributed by atoms with van der Waals surface area (Å²) in [6, 6.07) is 14.7. The van der Waals surface area contributed by atoms with E-state index in [0.717, 1.165) is 16.5 Å². The summed E-state index contributed by atoms with van der Waals surface area (Å²) in [4.78, 5) is 0. The van der Waals surface area contributed by atoms with Gasteiger partial charge in [0.2, 0.25) is 0 Å². The van der Waals surface area contributed by atoms with E-state index < -0.39 is 0 Å². The van der Waals surface area contributed by atoms with E-state index in [1.165, 1.54) is 6.07 Å². The van der Waals surface area contributed by atoms with E-state index in [1.54, 1.807) is 12.1 Å². The van der Waals surface area contributed by atoms with Crippen LogP contribution in [0, 0.1) is 11.7 Å². The van der Waals surface area contributed by atoms with Crippen LogP contribution in [-0.2, 0) is 12.8 Å². The van der Waals surface area contributed by atoms with Gasteiger partial charge in [0.1, 0.15) is 5.82 Å². The molecular formula is C16H16BrFO. The summed E-state index contributed by atoms with van der Waals surface area (Å²) in [6.45, 7) is 0.0599. The van der Waals surface area contributed by atoms with Crippen LogP contribution in [0.3, 0.4) is 0 Å². The average Bonchev–Trinajstić information content (AvgIpc) is 2.43.